The van der Waals surface area contributed by atoms with Gasteiger partial charge < -0.3 is 4.90 Å². The normalized spacial score (nSPS) is 15.7. The average molecular weight is 421 g/mol. The number of hydrogen-bond acceptors (Lipinski definition) is 5. The lowest BCUT2D eigenvalue weighted by molar-refractivity contribution is -0.384. The summed E-state index contributed by atoms with van der Waals surface area (Å²) in [6.07, 6.45) is 3.55. The molecule has 0 spiro atoms. The van der Waals surface area contributed by atoms with Crippen molar-refractivity contribution >= 4 is 21.4 Å². The molecule has 0 N–H and O–H groups in total. The van der Waals surface area contributed by atoms with E-state index in [4.69, 9.17) is 0 Å². The second-order valence-corrected chi connectivity index (χ2v) is 9.15. The molecule has 3 rings (SSSR count). The van der Waals surface area contributed by atoms with Crippen LogP contribution in [0.15, 0.2) is 47.4 Å². The van der Waals surface area contributed by atoms with Gasteiger partial charge in [-0.25, -0.2) is 12.8 Å². The molecule has 1 aliphatic rings. The first-order chi connectivity index (χ1) is 13.8. The second kappa shape index (κ2) is 8.87. The molecular formula is C20H24FN3O4S. The molecule has 0 saturated carbocycles. The maximum atomic E-state index is 13.1. The lowest BCUT2D eigenvalue weighted by Crippen LogP contribution is -2.32. The first-order valence-electron chi connectivity index (χ1n) is 9.53. The van der Waals surface area contributed by atoms with Crippen LogP contribution >= 0.6 is 0 Å². The van der Waals surface area contributed by atoms with E-state index in [0.29, 0.717) is 25.3 Å². The molecule has 0 aromatic heterocycles. The van der Waals surface area contributed by atoms with Gasteiger partial charge in [-0.05, 0) is 42.7 Å². The summed E-state index contributed by atoms with van der Waals surface area (Å²) in [5.41, 5.74) is 0.809. The predicted molar refractivity (Wildman–Crippen MR) is 109 cm³/mol. The van der Waals surface area contributed by atoms with E-state index in [0.717, 1.165) is 37.3 Å². The highest BCUT2D eigenvalue weighted by atomic mass is 32.2. The summed E-state index contributed by atoms with van der Waals surface area (Å²) < 4.78 is 40.5. The van der Waals surface area contributed by atoms with Crippen LogP contribution in [0.4, 0.5) is 15.8 Å². The molecule has 1 fully saturated rings. The first kappa shape index (κ1) is 21.2. The number of nitro benzene ring substituents is 1. The quantitative estimate of drug-likeness (QED) is 0.521. The van der Waals surface area contributed by atoms with Gasteiger partial charge >= 0.3 is 0 Å². The lowest BCUT2D eigenvalue weighted by Gasteiger charge is -2.22. The highest BCUT2D eigenvalue weighted by Crippen LogP contribution is 2.32. The number of halogens is 1. The smallest absolute Gasteiger partial charge is 0.293 e. The Hall–Kier alpha value is -2.52. The Labute approximate surface area is 170 Å². The molecule has 156 valence electrons. The van der Waals surface area contributed by atoms with Crippen molar-refractivity contribution in [1.82, 2.24) is 4.31 Å². The monoisotopic (exact) mass is 421 g/mol. The zero-order valence-electron chi connectivity index (χ0n) is 16.3. The molecule has 2 aromatic rings. The van der Waals surface area contributed by atoms with Crippen molar-refractivity contribution in [2.45, 2.75) is 37.1 Å². The average Bonchev–Trinajstić information content (AvgIpc) is 2.99. The van der Waals surface area contributed by atoms with Crippen molar-refractivity contribution in [2.24, 2.45) is 0 Å². The van der Waals surface area contributed by atoms with E-state index in [-0.39, 0.29) is 16.4 Å². The number of rotatable bonds is 6. The maximum Gasteiger partial charge on any atom is 0.293 e. The van der Waals surface area contributed by atoms with E-state index in [2.05, 4.69) is 0 Å². The second-order valence-electron chi connectivity index (χ2n) is 7.21. The minimum atomic E-state index is -3.78. The Kier molecular flexibility index (Phi) is 6.49. The van der Waals surface area contributed by atoms with Gasteiger partial charge in [-0.2, -0.15) is 4.31 Å². The number of sulfonamides is 1. The number of anilines is 1. The van der Waals surface area contributed by atoms with Crippen molar-refractivity contribution in [1.29, 1.82) is 0 Å². The van der Waals surface area contributed by atoms with Crippen LogP contribution in [0.3, 0.4) is 0 Å². The summed E-state index contributed by atoms with van der Waals surface area (Å²) in [4.78, 5) is 12.7. The van der Waals surface area contributed by atoms with Crippen LogP contribution in [0.1, 0.15) is 31.2 Å². The van der Waals surface area contributed by atoms with Crippen LogP contribution in [-0.4, -0.2) is 37.8 Å². The third kappa shape index (κ3) is 4.91. The molecule has 0 aliphatic carbocycles. The number of benzene rings is 2. The fraction of sp³-hybridized carbons (Fsp3) is 0.400. The fourth-order valence-electron chi connectivity index (χ4n) is 3.51. The van der Waals surface area contributed by atoms with Crippen LogP contribution in [0.5, 0.6) is 0 Å². The molecule has 2 aromatic carbocycles. The van der Waals surface area contributed by atoms with Crippen molar-refractivity contribution in [2.75, 3.05) is 25.0 Å². The highest BCUT2D eigenvalue weighted by Gasteiger charge is 2.28. The third-order valence-electron chi connectivity index (χ3n) is 5.09. The standard InChI is InChI=1S/C20H24FN3O4S/c1-22(15-16-6-8-17(21)9-7-16)19-11-10-18(14-20(19)24(25)26)29(27,28)23-12-4-2-3-5-13-23/h6-11,14H,2-5,12-13,15H2,1H3. The molecule has 0 amide bonds. The first-order valence-corrected chi connectivity index (χ1v) is 11.0. The molecule has 0 unspecified atom stereocenters. The minimum absolute atomic E-state index is 0.0648. The maximum absolute atomic E-state index is 13.1. The summed E-state index contributed by atoms with van der Waals surface area (Å²) in [6, 6.07) is 9.89. The molecule has 0 bridgehead atoms. The Morgan fingerprint density at radius 1 is 1.07 bits per heavy atom. The van der Waals surface area contributed by atoms with E-state index in [1.807, 2.05) is 0 Å². The van der Waals surface area contributed by atoms with Crippen molar-refractivity contribution in [3.05, 3.63) is 64.0 Å². The van der Waals surface area contributed by atoms with Gasteiger partial charge in [0.1, 0.15) is 11.5 Å². The number of nitrogens with zero attached hydrogens (tertiary/aromatic N) is 3. The predicted octanol–water partition coefficient (Wildman–Crippen LogP) is 3.94. The van der Waals surface area contributed by atoms with E-state index >= 15 is 0 Å². The van der Waals surface area contributed by atoms with Gasteiger partial charge in [-0.3, -0.25) is 10.1 Å². The van der Waals surface area contributed by atoms with Gasteiger partial charge in [-0.1, -0.05) is 25.0 Å². The Bertz CT molecular complexity index is 972. The molecule has 0 atom stereocenters. The van der Waals surface area contributed by atoms with Gasteiger partial charge in [0.15, 0.2) is 0 Å². The van der Waals surface area contributed by atoms with Crippen LogP contribution in [0, 0.1) is 15.9 Å². The minimum Gasteiger partial charge on any atom is -0.365 e. The van der Waals surface area contributed by atoms with Crippen molar-refractivity contribution in [3.8, 4) is 0 Å². The number of hydrogen-bond donors (Lipinski definition) is 0. The molecule has 29 heavy (non-hydrogen) atoms. The summed E-state index contributed by atoms with van der Waals surface area (Å²) in [5, 5.41) is 11.7. The van der Waals surface area contributed by atoms with E-state index in [9.17, 15) is 22.9 Å². The zero-order valence-corrected chi connectivity index (χ0v) is 17.1. The highest BCUT2D eigenvalue weighted by molar-refractivity contribution is 7.89. The van der Waals surface area contributed by atoms with Crippen molar-refractivity contribution < 1.29 is 17.7 Å². The van der Waals surface area contributed by atoms with Crippen LogP contribution in [0.2, 0.25) is 0 Å². The fourth-order valence-corrected chi connectivity index (χ4v) is 5.05. The largest absolute Gasteiger partial charge is 0.365 e. The lowest BCUT2D eigenvalue weighted by atomic mass is 10.2. The molecular weight excluding hydrogens is 397 g/mol. The molecule has 1 aliphatic heterocycles. The van der Waals surface area contributed by atoms with E-state index in [1.54, 1.807) is 24.1 Å². The Morgan fingerprint density at radius 2 is 1.69 bits per heavy atom. The van der Waals surface area contributed by atoms with Gasteiger partial charge in [0.2, 0.25) is 10.0 Å². The Balaban J connectivity index is 1.90. The van der Waals surface area contributed by atoms with E-state index < -0.39 is 14.9 Å². The third-order valence-corrected chi connectivity index (χ3v) is 6.99. The van der Waals surface area contributed by atoms with Gasteiger partial charge in [-0.15, -0.1) is 0 Å². The SMILES string of the molecule is CN(Cc1ccc(F)cc1)c1ccc(S(=O)(=O)N2CCCCCC2)cc1[N+](=O)[O-]. The summed E-state index contributed by atoms with van der Waals surface area (Å²) >= 11 is 0. The van der Waals surface area contributed by atoms with E-state index in [1.165, 1.54) is 28.6 Å². The summed E-state index contributed by atoms with van der Waals surface area (Å²) in [6.45, 7) is 1.18. The van der Waals surface area contributed by atoms with Crippen LogP contribution < -0.4 is 4.90 Å². The zero-order chi connectivity index (χ0) is 21.0. The van der Waals surface area contributed by atoms with Crippen LogP contribution in [-0.2, 0) is 16.6 Å². The topological polar surface area (TPSA) is 83.8 Å². The molecule has 7 nitrogen and oxygen atoms in total. The molecule has 1 saturated heterocycles. The van der Waals surface area contributed by atoms with Gasteiger partial charge in [0.05, 0.1) is 9.82 Å². The molecule has 9 heteroatoms. The van der Waals surface area contributed by atoms with Crippen molar-refractivity contribution in [3.63, 3.8) is 0 Å². The molecule has 1 heterocycles. The van der Waals surface area contributed by atoms with Crippen LogP contribution in [0.25, 0.3) is 0 Å². The summed E-state index contributed by atoms with van der Waals surface area (Å²) in [5.74, 6) is -0.356. The number of nitro groups is 1. The van der Waals surface area contributed by atoms with Gasteiger partial charge in [0.25, 0.3) is 5.69 Å². The molecule has 0 radical (unpaired) electrons. The summed E-state index contributed by atoms with van der Waals surface area (Å²) in [7, 11) is -2.10. The Morgan fingerprint density at radius 3 is 2.28 bits per heavy atom. The van der Waals surface area contributed by atoms with Gasteiger partial charge in [0, 0.05) is 32.7 Å².